The number of halogens is 1. The lowest BCUT2D eigenvalue weighted by atomic mass is 9.90. The summed E-state index contributed by atoms with van der Waals surface area (Å²) in [6, 6.07) is 4.75. The van der Waals surface area contributed by atoms with Crippen molar-refractivity contribution in [2.75, 3.05) is 11.9 Å². The third-order valence-electron chi connectivity index (χ3n) is 2.93. The minimum absolute atomic E-state index is 0.123. The number of carbonyl (C=O) groups is 1. The van der Waals surface area contributed by atoms with Crippen molar-refractivity contribution in [3.05, 3.63) is 28.8 Å². The van der Waals surface area contributed by atoms with E-state index >= 15 is 0 Å². The average molecular weight is 256 g/mol. The smallest absolute Gasteiger partial charge is 0.337 e. The Morgan fingerprint density at radius 1 is 1.47 bits per heavy atom. The molecule has 3 nitrogen and oxygen atoms in total. The zero-order chi connectivity index (χ0) is 13.1. The molecule has 0 spiro atoms. The maximum Gasteiger partial charge on any atom is 0.337 e. The second-order valence-electron chi connectivity index (χ2n) is 4.87. The molecule has 94 valence electrons. The summed E-state index contributed by atoms with van der Waals surface area (Å²) in [6.45, 7) is 7.08. The Balaban J connectivity index is 2.89. The number of carboxylic acid groups (broad SMARTS) is 1. The summed E-state index contributed by atoms with van der Waals surface area (Å²) in [4.78, 5) is 11.0. The van der Waals surface area contributed by atoms with E-state index < -0.39 is 5.97 Å². The predicted molar refractivity (Wildman–Crippen MR) is 71.0 cm³/mol. The van der Waals surface area contributed by atoms with E-state index in [4.69, 9.17) is 16.7 Å². The van der Waals surface area contributed by atoms with E-state index in [0.717, 1.165) is 6.42 Å². The zero-order valence-corrected chi connectivity index (χ0v) is 11.1. The Kier molecular flexibility index (Phi) is 4.40. The third kappa shape index (κ3) is 3.93. The van der Waals surface area contributed by atoms with Gasteiger partial charge in [-0.15, -0.1) is 0 Å². The van der Waals surface area contributed by atoms with Gasteiger partial charge in [0.25, 0.3) is 0 Å². The van der Waals surface area contributed by atoms with Gasteiger partial charge in [0, 0.05) is 11.6 Å². The van der Waals surface area contributed by atoms with Crippen LogP contribution in [0.5, 0.6) is 0 Å². The Hall–Kier alpha value is -1.22. The molecule has 1 aromatic carbocycles. The molecule has 0 saturated carbocycles. The number of carboxylic acids is 1. The highest BCUT2D eigenvalue weighted by atomic mass is 35.5. The summed E-state index contributed by atoms with van der Waals surface area (Å²) in [6.07, 6.45) is 1.02. The molecule has 0 fully saturated rings. The summed E-state index contributed by atoms with van der Waals surface area (Å²) >= 11 is 5.87. The number of benzene rings is 1. The molecular weight excluding hydrogens is 238 g/mol. The minimum atomic E-state index is -0.946. The zero-order valence-electron chi connectivity index (χ0n) is 10.4. The van der Waals surface area contributed by atoms with Crippen molar-refractivity contribution < 1.29 is 9.90 Å². The van der Waals surface area contributed by atoms with Crippen LogP contribution in [0.4, 0.5) is 5.69 Å². The number of nitrogens with one attached hydrogen (secondary N) is 1. The van der Waals surface area contributed by atoms with Crippen LogP contribution in [-0.4, -0.2) is 17.6 Å². The summed E-state index contributed by atoms with van der Waals surface area (Å²) in [5.74, 6) is -0.946. The molecule has 0 heterocycles. The van der Waals surface area contributed by atoms with Gasteiger partial charge in [0.1, 0.15) is 0 Å². The van der Waals surface area contributed by atoms with Crippen molar-refractivity contribution in [2.45, 2.75) is 27.2 Å². The van der Waals surface area contributed by atoms with E-state index in [1.165, 1.54) is 6.07 Å². The van der Waals surface area contributed by atoms with Crippen LogP contribution < -0.4 is 5.32 Å². The Morgan fingerprint density at radius 3 is 2.65 bits per heavy atom. The van der Waals surface area contributed by atoms with Crippen LogP contribution in [0.25, 0.3) is 0 Å². The van der Waals surface area contributed by atoms with E-state index in [9.17, 15) is 4.79 Å². The van der Waals surface area contributed by atoms with Crippen LogP contribution in [0.15, 0.2) is 18.2 Å². The second kappa shape index (κ2) is 5.41. The molecular formula is C13H18ClNO2. The molecule has 17 heavy (non-hydrogen) atoms. The molecule has 0 unspecified atom stereocenters. The average Bonchev–Trinajstić information content (AvgIpc) is 2.26. The maximum absolute atomic E-state index is 11.0. The number of hydrogen-bond acceptors (Lipinski definition) is 2. The van der Waals surface area contributed by atoms with Crippen LogP contribution in [-0.2, 0) is 0 Å². The number of rotatable bonds is 5. The SMILES string of the molecule is CCC(C)(C)CNc1cc(Cl)ccc1C(=O)O. The Morgan fingerprint density at radius 2 is 2.12 bits per heavy atom. The molecule has 0 aliphatic carbocycles. The van der Waals surface area contributed by atoms with Gasteiger partial charge in [-0.25, -0.2) is 4.79 Å². The molecule has 0 aliphatic heterocycles. The second-order valence-corrected chi connectivity index (χ2v) is 5.30. The summed E-state index contributed by atoms with van der Waals surface area (Å²) in [5.41, 5.74) is 0.950. The van der Waals surface area contributed by atoms with Crippen molar-refractivity contribution in [3.63, 3.8) is 0 Å². The van der Waals surface area contributed by atoms with E-state index in [1.54, 1.807) is 12.1 Å². The summed E-state index contributed by atoms with van der Waals surface area (Å²) in [7, 11) is 0. The number of hydrogen-bond donors (Lipinski definition) is 2. The monoisotopic (exact) mass is 255 g/mol. The molecule has 0 bridgehead atoms. The highest BCUT2D eigenvalue weighted by Crippen LogP contribution is 2.25. The van der Waals surface area contributed by atoms with Gasteiger partial charge in [-0.3, -0.25) is 0 Å². The molecule has 1 rings (SSSR count). The molecule has 0 saturated heterocycles. The fourth-order valence-electron chi connectivity index (χ4n) is 1.31. The maximum atomic E-state index is 11.0. The van der Waals surface area contributed by atoms with Crippen LogP contribution in [0.2, 0.25) is 5.02 Å². The molecule has 0 radical (unpaired) electrons. The number of aromatic carboxylic acids is 1. The highest BCUT2D eigenvalue weighted by molar-refractivity contribution is 6.31. The van der Waals surface area contributed by atoms with Gasteiger partial charge < -0.3 is 10.4 Å². The van der Waals surface area contributed by atoms with E-state index in [2.05, 4.69) is 26.1 Å². The fraction of sp³-hybridized carbons (Fsp3) is 0.462. The van der Waals surface area contributed by atoms with E-state index in [1.807, 2.05) is 0 Å². The van der Waals surface area contributed by atoms with Crippen molar-refractivity contribution in [1.29, 1.82) is 0 Å². The van der Waals surface area contributed by atoms with Crippen molar-refractivity contribution in [3.8, 4) is 0 Å². The van der Waals surface area contributed by atoms with E-state index in [0.29, 0.717) is 17.3 Å². The quantitative estimate of drug-likeness (QED) is 0.839. The van der Waals surface area contributed by atoms with Crippen LogP contribution in [0.3, 0.4) is 0 Å². The molecule has 4 heteroatoms. The lowest BCUT2D eigenvalue weighted by molar-refractivity contribution is 0.0698. The lowest BCUT2D eigenvalue weighted by Crippen LogP contribution is -2.22. The molecule has 0 atom stereocenters. The Bertz CT molecular complexity index is 416. The van der Waals surface area contributed by atoms with Gasteiger partial charge in [-0.2, -0.15) is 0 Å². The largest absolute Gasteiger partial charge is 0.478 e. The first kappa shape index (κ1) is 13.8. The standard InChI is InChI=1S/C13H18ClNO2/c1-4-13(2,3)8-15-11-7-9(14)5-6-10(11)12(16)17/h5-7,15H,4,8H2,1-3H3,(H,16,17). The Labute approximate surface area is 107 Å². The molecule has 0 amide bonds. The molecule has 0 aliphatic rings. The topological polar surface area (TPSA) is 49.3 Å². The lowest BCUT2D eigenvalue weighted by Gasteiger charge is -2.24. The normalized spacial score (nSPS) is 11.3. The van der Waals surface area contributed by atoms with E-state index in [-0.39, 0.29) is 11.0 Å². The van der Waals surface area contributed by atoms with Crippen LogP contribution in [0, 0.1) is 5.41 Å². The molecule has 0 aromatic heterocycles. The number of anilines is 1. The first-order chi connectivity index (χ1) is 7.85. The van der Waals surface area contributed by atoms with Gasteiger partial charge in [0.05, 0.1) is 11.3 Å². The van der Waals surface area contributed by atoms with Gasteiger partial charge >= 0.3 is 5.97 Å². The first-order valence-electron chi connectivity index (χ1n) is 5.62. The summed E-state index contributed by atoms with van der Waals surface area (Å²) in [5, 5.41) is 12.8. The van der Waals surface area contributed by atoms with Crippen LogP contribution >= 0.6 is 11.6 Å². The van der Waals surface area contributed by atoms with Crippen molar-refractivity contribution in [1.82, 2.24) is 0 Å². The molecule has 2 N–H and O–H groups in total. The first-order valence-corrected chi connectivity index (χ1v) is 6.00. The van der Waals surface area contributed by atoms with Gasteiger partial charge in [-0.1, -0.05) is 32.4 Å². The van der Waals surface area contributed by atoms with Crippen LogP contribution in [0.1, 0.15) is 37.6 Å². The predicted octanol–water partition coefficient (Wildman–Crippen LogP) is 3.89. The third-order valence-corrected chi connectivity index (χ3v) is 3.16. The van der Waals surface area contributed by atoms with Crippen molar-refractivity contribution >= 4 is 23.3 Å². The highest BCUT2D eigenvalue weighted by Gasteiger charge is 2.17. The fourth-order valence-corrected chi connectivity index (χ4v) is 1.48. The minimum Gasteiger partial charge on any atom is -0.478 e. The van der Waals surface area contributed by atoms with Gasteiger partial charge in [0.15, 0.2) is 0 Å². The molecule has 1 aromatic rings. The van der Waals surface area contributed by atoms with Gasteiger partial charge in [0.2, 0.25) is 0 Å². The van der Waals surface area contributed by atoms with Crippen molar-refractivity contribution in [2.24, 2.45) is 5.41 Å². The van der Waals surface area contributed by atoms with Gasteiger partial charge in [-0.05, 0) is 30.0 Å². The summed E-state index contributed by atoms with van der Waals surface area (Å²) < 4.78 is 0.